The zero-order chi connectivity index (χ0) is 22.1. The van der Waals surface area contributed by atoms with E-state index in [0.717, 1.165) is 12.1 Å². The highest BCUT2D eigenvalue weighted by Gasteiger charge is 2.31. The molecule has 0 spiro atoms. The quantitative estimate of drug-likeness (QED) is 0.578. The molecule has 31 heavy (non-hydrogen) atoms. The maximum Gasteiger partial charge on any atom is 0.259 e. The summed E-state index contributed by atoms with van der Waals surface area (Å²) in [6.07, 6.45) is 1.05. The van der Waals surface area contributed by atoms with Gasteiger partial charge in [0, 0.05) is 24.6 Å². The Kier molecular flexibility index (Phi) is 5.55. The van der Waals surface area contributed by atoms with Gasteiger partial charge in [-0.25, -0.2) is 13.5 Å². The van der Waals surface area contributed by atoms with Crippen LogP contribution in [0.3, 0.4) is 0 Å². The Morgan fingerprint density at radius 2 is 2.10 bits per heavy atom. The smallest absolute Gasteiger partial charge is 0.259 e. The minimum atomic E-state index is -0.987. The average Bonchev–Trinajstić information content (AvgIpc) is 3.37. The predicted molar refractivity (Wildman–Crippen MR) is 108 cm³/mol. The molecule has 0 saturated carbocycles. The standard InChI is InChI=1S/C21H21F2N5O3/c1-11(2)15-10-19(29)26-21(24-15)28-18(9-16(27-28)17-4-3-7-31-17)25-20(30)13-6-5-12(22)8-14(13)23/h3-9,11,15,21,24H,10H2,1-2H3,(H,25,30)(H,26,29). The Morgan fingerprint density at radius 1 is 1.29 bits per heavy atom. The summed E-state index contributed by atoms with van der Waals surface area (Å²) in [6, 6.07) is 7.52. The molecule has 2 amide bonds. The lowest BCUT2D eigenvalue weighted by Crippen LogP contribution is -2.55. The minimum Gasteiger partial charge on any atom is -0.463 e. The summed E-state index contributed by atoms with van der Waals surface area (Å²) in [5.41, 5.74) is 0.0805. The van der Waals surface area contributed by atoms with Crippen LogP contribution in [-0.2, 0) is 4.79 Å². The topological polar surface area (TPSA) is 101 Å². The molecule has 8 nitrogen and oxygen atoms in total. The van der Waals surface area contributed by atoms with E-state index in [-0.39, 0.29) is 29.2 Å². The van der Waals surface area contributed by atoms with Crippen molar-refractivity contribution in [3.05, 3.63) is 59.9 Å². The first-order valence-corrected chi connectivity index (χ1v) is 9.77. The van der Waals surface area contributed by atoms with Crippen molar-refractivity contribution in [2.45, 2.75) is 32.6 Å². The summed E-state index contributed by atoms with van der Waals surface area (Å²) in [5, 5.41) is 13.1. The van der Waals surface area contributed by atoms with Crippen LogP contribution in [0.15, 0.2) is 47.1 Å². The van der Waals surface area contributed by atoms with Gasteiger partial charge in [0.15, 0.2) is 12.0 Å². The zero-order valence-electron chi connectivity index (χ0n) is 16.9. The van der Waals surface area contributed by atoms with Crippen LogP contribution >= 0.6 is 0 Å². The Bertz CT molecular complexity index is 1110. The van der Waals surface area contributed by atoms with Crippen molar-refractivity contribution in [1.82, 2.24) is 20.4 Å². The number of amides is 2. The third-order valence-electron chi connectivity index (χ3n) is 5.05. The molecule has 1 aromatic carbocycles. The molecule has 2 unspecified atom stereocenters. The largest absolute Gasteiger partial charge is 0.463 e. The molecule has 1 saturated heterocycles. The highest BCUT2D eigenvalue weighted by atomic mass is 19.1. The first-order chi connectivity index (χ1) is 14.8. The van der Waals surface area contributed by atoms with Gasteiger partial charge >= 0.3 is 0 Å². The second-order valence-corrected chi connectivity index (χ2v) is 7.61. The van der Waals surface area contributed by atoms with Crippen molar-refractivity contribution in [2.24, 2.45) is 5.92 Å². The number of hydrogen-bond acceptors (Lipinski definition) is 5. The highest BCUT2D eigenvalue weighted by molar-refractivity contribution is 6.04. The van der Waals surface area contributed by atoms with E-state index in [4.69, 9.17) is 4.42 Å². The third-order valence-corrected chi connectivity index (χ3v) is 5.05. The van der Waals surface area contributed by atoms with Gasteiger partial charge in [0.2, 0.25) is 5.91 Å². The number of nitrogens with zero attached hydrogens (tertiary/aromatic N) is 2. The second-order valence-electron chi connectivity index (χ2n) is 7.61. The van der Waals surface area contributed by atoms with Crippen molar-refractivity contribution in [1.29, 1.82) is 0 Å². The molecule has 1 aliphatic heterocycles. The number of hydrogen-bond donors (Lipinski definition) is 3. The lowest BCUT2D eigenvalue weighted by molar-refractivity contribution is -0.126. The van der Waals surface area contributed by atoms with Gasteiger partial charge in [-0.05, 0) is 30.2 Å². The van der Waals surface area contributed by atoms with Crippen molar-refractivity contribution < 1.29 is 22.8 Å². The maximum absolute atomic E-state index is 14.1. The van der Waals surface area contributed by atoms with Gasteiger partial charge < -0.3 is 15.1 Å². The molecule has 3 aromatic rings. The third kappa shape index (κ3) is 4.33. The number of nitrogens with one attached hydrogen (secondary N) is 3. The fourth-order valence-corrected chi connectivity index (χ4v) is 3.36. The number of carbonyl (C=O) groups is 2. The molecule has 162 valence electrons. The van der Waals surface area contributed by atoms with E-state index < -0.39 is 23.8 Å². The van der Waals surface area contributed by atoms with Crippen LogP contribution in [0, 0.1) is 17.6 Å². The molecule has 0 radical (unpaired) electrons. The predicted octanol–water partition coefficient (Wildman–Crippen LogP) is 3.26. The lowest BCUT2D eigenvalue weighted by Gasteiger charge is -2.34. The number of rotatable bonds is 5. The van der Waals surface area contributed by atoms with Crippen LogP contribution in [0.25, 0.3) is 11.5 Å². The molecule has 2 aromatic heterocycles. The van der Waals surface area contributed by atoms with E-state index in [1.807, 2.05) is 13.8 Å². The van der Waals surface area contributed by atoms with Crippen molar-refractivity contribution >= 4 is 17.6 Å². The van der Waals surface area contributed by atoms with Gasteiger partial charge in [-0.15, -0.1) is 0 Å². The van der Waals surface area contributed by atoms with Crippen molar-refractivity contribution in [3.8, 4) is 11.5 Å². The van der Waals surface area contributed by atoms with Gasteiger partial charge in [0.1, 0.15) is 23.1 Å². The first-order valence-electron chi connectivity index (χ1n) is 9.77. The fraction of sp³-hybridized carbons (Fsp3) is 0.286. The van der Waals surface area contributed by atoms with Crippen LogP contribution < -0.4 is 16.0 Å². The molecule has 0 bridgehead atoms. The molecule has 10 heteroatoms. The van der Waals surface area contributed by atoms with E-state index in [9.17, 15) is 18.4 Å². The summed E-state index contributed by atoms with van der Waals surface area (Å²) in [5.74, 6) is -1.90. The van der Waals surface area contributed by atoms with E-state index >= 15 is 0 Å². The molecule has 4 rings (SSSR count). The average molecular weight is 429 g/mol. The van der Waals surface area contributed by atoms with Gasteiger partial charge in [0.25, 0.3) is 5.91 Å². The van der Waals surface area contributed by atoms with E-state index in [1.165, 1.54) is 10.9 Å². The zero-order valence-corrected chi connectivity index (χ0v) is 16.9. The number of anilines is 1. The van der Waals surface area contributed by atoms with Gasteiger partial charge in [-0.3, -0.25) is 14.9 Å². The van der Waals surface area contributed by atoms with Crippen molar-refractivity contribution in [3.63, 3.8) is 0 Å². The molecule has 0 aliphatic carbocycles. The Labute approximate surface area is 176 Å². The fourth-order valence-electron chi connectivity index (χ4n) is 3.36. The lowest BCUT2D eigenvalue weighted by atomic mass is 9.99. The number of furan rings is 1. The molecule has 1 aliphatic rings. The summed E-state index contributed by atoms with van der Waals surface area (Å²) < 4.78 is 34.0. The maximum atomic E-state index is 14.1. The van der Waals surface area contributed by atoms with Crippen LogP contribution in [0.5, 0.6) is 0 Å². The molecule has 3 N–H and O–H groups in total. The first kappa shape index (κ1) is 20.7. The Balaban J connectivity index is 1.69. The molecular weight excluding hydrogens is 408 g/mol. The molecule has 2 atom stereocenters. The van der Waals surface area contributed by atoms with E-state index in [0.29, 0.717) is 23.9 Å². The van der Waals surface area contributed by atoms with Crippen LogP contribution in [0.4, 0.5) is 14.6 Å². The van der Waals surface area contributed by atoms with Gasteiger partial charge in [-0.2, -0.15) is 5.10 Å². The van der Waals surface area contributed by atoms with Crippen molar-refractivity contribution in [2.75, 3.05) is 5.32 Å². The van der Waals surface area contributed by atoms with Gasteiger partial charge in [-0.1, -0.05) is 13.8 Å². The Hall–Kier alpha value is -3.53. The molecule has 3 heterocycles. The summed E-state index contributed by atoms with van der Waals surface area (Å²) in [6.45, 7) is 3.98. The number of halogens is 2. The SMILES string of the molecule is CC(C)C1CC(=O)NC(n2nc(-c3ccco3)cc2NC(=O)c2ccc(F)cc2F)N1. The summed E-state index contributed by atoms with van der Waals surface area (Å²) >= 11 is 0. The number of aromatic nitrogens is 2. The second kappa shape index (κ2) is 8.31. The van der Waals surface area contributed by atoms with Gasteiger partial charge in [0.05, 0.1) is 11.8 Å². The van der Waals surface area contributed by atoms with Crippen LogP contribution in [-0.4, -0.2) is 27.6 Å². The van der Waals surface area contributed by atoms with Crippen LogP contribution in [0.1, 0.15) is 36.9 Å². The molecule has 1 fully saturated rings. The van der Waals surface area contributed by atoms with E-state index in [1.54, 1.807) is 18.2 Å². The van der Waals surface area contributed by atoms with Crippen LogP contribution in [0.2, 0.25) is 0 Å². The number of benzene rings is 1. The summed E-state index contributed by atoms with van der Waals surface area (Å²) in [4.78, 5) is 24.9. The minimum absolute atomic E-state index is 0.104. The highest BCUT2D eigenvalue weighted by Crippen LogP contribution is 2.26. The monoisotopic (exact) mass is 429 g/mol. The summed E-state index contributed by atoms with van der Waals surface area (Å²) in [7, 11) is 0. The number of carbonyl (C=O) groups excluding carboxylic acids is 2. The molecular formula is C21H21F2N5O3. The Morgan fingerprint density at radius 3 is 2.77 bits per heavy atom. The van der Waals surface area contributed by atoms with E-state index in [2.05, 4.69) is 21.0 Å². The normalized spacial score (nSPS) is 18.8.